The smallest absolute Gasteiger partial charge is 0.228 e. The summed E-state index contributed by atoms with van der Waals surface area (Å²) in [5.74, 6) is 0.909. The molecule has 124 valence electrons. The minimum Gasteiger partial charge on any atom is -0.316 e. The first-order valence-corrected chi connectivity index (χ1v) is 9.57. The van der Waals surface area contributed by atoms with Crippen LogP contribution in [0.5, 0.6) is 0 Å². The van der Waals surface area contributed by atoms with Gasteiger partial charge in [-0.15, -0.1) is 11.3 Å². The number of hydrogen-bond donors (Lipinski definition) is 1. The minimum atomic E-state index is 0.116. The van der Waals surface area contributed by atoms with Crippen molar-refractivity contribution in [2.75, 3.05) is 5.32 Å². The highest BCUT2D eigenvalue weighted by molar-refractivity contribution is 7.16. The fourth-order valence-electron chi connectivity index (χ4n) is 3.93. The molecule has 2 aliphatic rings. The number of thiophene rings is 1. The van der Waals surface area contributed by atoms with Crippen LogP contribution in [-0.4, -0.2) is 5.91 Å². The lowest BCUT2D eigenvalue weighted by Crippen LogP contribution is -2.26. The molecule has 1 heterocycles. The van der Waals surface area contributed by atoms with Crippen molar-refractivity contribution in [3.63, 3.8) is 0 Å². The monoisotopic (exact) mass is 330 g/mol. The van der Waals surface area contributed by atoms with Gasteiger partial charge in [0.25, 0.3) is 0 Å². The van der Waals surface area contributed by atoms with E-state index < -0.39 is 0 Å². The molecular weight excluding hydrogens is 304 g/mol. The molecule has 0 aromatic carbocycles. The normalized spacial score (nSPS) is 21.7. The van der Waals surface area contributed by atoms with Crippen LogP contribution in [0.4, 0.5) is 5.00 Å². The first-order valence-electron chi connectivity index (χ1n) is 8.75. The number of nitrogens with one attached hydrogen (secondary N) is 1. The summed E-state index contributed by atoms with van der Waals surface area (Å²) >= 11 is 1.64. The quantitative estimate of drug-likeness (QED) is 0.838. The molecule has 1 aromatic heterocycles. The van der Waals surface area contributed by atoms with Crippen molar-refractivity contribution in [1.82, 2.24) is 0 Å². The molecule has 0 saturated heterocycles. The third kappa shape index (κ3) is 3.30. The number of fused-ring (bicyclic) bond motifs is 1. The van der Waals surface area contributed by atoms with Crippen LogP contribution < -0.4 is 5.32 Å². The van der Waals surface area contributed by atoms with Crippen molar-refractivity contribution in [2.24, 2.45) is 17.3 Å². The van der Waals surface area contributed by atoms with Gasteiger partial charge in [-0.3, -0.25) is 4.79 Å². The van der Waals surface area contributed by atoms with Crippen LogP contribution in [0.3, 0.4) is 0 Å². The van der Waals surface area contributed by atoms with Crippen LogP contribution in [0.25, 0.3) is 0 Å². The van der Waals surface area contributed by atoms with E-state index >= 15 is 0 Å². The second-order valence-electron chi connectivity index (χ2n) is 8.10. The van der Waals surface area contributed by atoms with Gasteiger partial charge in [0.15, 0.2) is 0 Å². The highest BCUT2D eigenvalue weighted by atomic mass is 32.1. The molecule has 0 bridgehead atoms. The summed E-state index contributed by atoms with van der Waals surface area (Å²) in [5.41, 5.74) is 2.21. The van der Waals surface area contributed by atoms with Crippen molar-refractivity contribution in [2.45, 2.75) is 65.7 Å². The lowest BCUT2D eigenvalue weighted by atomic mass is 9.72. The van der Waals surface area contributed by atoms with Gasteiger partial charge in [-0.05, 0) is 49.0 Å². The van der Waals surface area contributed by atoms with Crippen molar-refractivity contribution in [3.8, 4) is 6.07 Å². The van der Waals surface area contributed by atoms with Crippen LogP contribution >= 0.6 is 11.3 Å². The third-order valence-corrected chi connectivity index (χ3v) is 6.73. The number of carbonyl (C=O) groups excluding carboxylic acids is 1. The van der Waals surface area contributed by atoms with E-state index in [9.17, 15) is 10.1 Å². The van der Waals surface area contributed by atoms with Crippen LogP contribution in [0.2, 0.25) is 0 Å². The van der Waals surface area contributed by atoms with Gasteiger partial charge in [0.05, 0.1) is 5.56 Å². The summed E-state index contributed by atoms with van der Waals surface area (Å²) in [6.45, 7) is 6.89. The van der Waals surface area contributed by atoms with E-state index in [0.29, 0.717) is 11.3 Å². The van der Waals surface area contributed by atoms with Gasteiger partial charge < -0.3 is 5.32 Å². The Bertz CT molecular complexity index is 642. The summed E-state index contributed by atoms with van der Waals surface area (Å²) in [4.78, 5) is 13.7. The number of rotatable bonds is 2. The number of carbonyl (C=O) groups is 1. The Morgan fingerprint density at radius 1 is 1.26 bits per heavy atom. The average Bonchev–Trinajstić information content (AvgIpc) is 3.12. The summed E-state index contributed by atoms with van der Waals surface area (Å²) < 4.78 is 0. The SMILES string of the molecule is CC(C)(C)[C@@H]1CCc2c(sc(NC(=O)C3CCCC3)c2C#N)C1. The number of nitrogens with zero attached hydrogens (tertiary/aromatic N) is 1. The molecule has 3 rings (SSSR count). The van der Waals surface area contributed by atoms with Crippen LogP contribution in [-0.2, 0) is 17.6 Å². The van der Waals surface area contributed by atoms with Gasteiger partial charge >= 0.3 is 0 Å². The molecule has 0 aliphatic heterocycles. The first kappa shape index (κ1) is 16.5. The minimum absolute atomic E-state index is 0.116. The lowest BCUT2D eigenvalue weighted by Gasteiger charge is -2.33. The maximum atomic E-state index is 12.4. The van der Waals surface area contributed by atoms with Crippen molar-refractivity contribution in [3.05, 3.63) is 16.0 Å². The summed E-state index contributed by atoms with van der Waals surface area (Å²) in [6.07, 6.45) is 7.43. The van der Waals surface area contributed by atoms with Crippen LogP contribution in [0.1, 0.15) is 68.9 Å². The summed E-state index contributed by atoms with van der Waals surface area (Å²) in [6, 6.07) is 2.35. The predicted octanol–water partition coefficient (Wildman–Crippen LogP) is 4.90. The first-order chi connectivity index (χ1) is 10.9. The largest absolute Gasteiger partial charge is 0.316 e. The third-order valence-electron chi connectivity index (χ3n) is 5.56. The second-order valence-corrected chi connectivity index (χ2v) is 9.20. The van der Waals surface area contributed by atoms with E-state index in [1.54, 1.807) is 11.3 Å². The Labute approximate surface area is 143 Å². The highest BCUT2D eigenvalue weighted by Crippen LogP contribution is 2.44. The molecule has 1 N–H and O–H groups in total. The van der Waals surface area contributed by atoms with Crippen molar-refractivity contribution < 1.29 is 4.79 Å². The van der Waals surface area contributed by atoms with Gasteiger partial charge in [0, 0.05) is 10.8 Å². The molecule has 2 aliphatic carbocycles. The van der Waals surface area contributed by atoms with E-state index in [0.717, 1.165) is 55.5 Å². The topological polar surface area (TPSA) is 52.9 Å². The van der Waals surface area contributed by atoms with E-state index in [1.165, 1.54) is 10.4 Å². The van der Waals surface area contributed by atoms with E-state index in [-0.39, 0.29) is 11.8 Å². The number of amides is 1. The second kappa shape index (κ2) is 6.28. The Hall–Kier alpha value is -1.34. The molecular formula is C19H26N2OS. The van der Waals surface area contributed by atoms with E-state index in [2.05, 4.69) is 32.2 Å². The molecule has 4 heteroatoms. The molecule has 0 radical (unpaired) electrons. The van der Waals surface area contributed by atoms with E-state index in [4.69, 9.17) is 0 Å². The molecule has 23 heavy (non-hydrogen) atoms. The maximum absolute atomic E-state index is 12.4. The zero-order chi connectivity index (χ0) is 16.6. The molecule has 3 nitrogen and oxygen atoms in total. The van der Waals surface area contributed by atoms with E-state index in [1.807, 2.05) is 0 Å². The number of nitriles is 1. The fourth-order valence-corrected chi connectivity index (χ4v) is 5.21. The molecule has 1 aromatic rings. The lowest BCUT2D eigenvalue weighted by molar-refractivity contribution is -0.119. The van der Waals surface area contributed by atoms with Crippen LogP contribution in [0.15, 0.2) is 0 Å². The van der Waals surface area contributed by atoms with Crippen LogP contribution in [0, 0.1) is 28.6 Å². The van der Waals surface area contributed by atoms with Gasteiger partial charge in [-0.1, -0.05) is 33.6 Å². The Morgan fingerprint density at radius 2 is 1.96 bits per heavy atom. The molecule has 1 fully saturated rings. The maximum Gasteiger partial charge on any atom is 0.228 e. The molecule has 1 amide bonds. The summed E-state index contributed by atoms with van der Waals surface area (Å²) in [5, 5.41) is 13.4. The van der Waals surface area contributed by atoms with Gasteiger partial charge in [0.2, 0.25) is 5.91 Å². The molecule has 0 spiro atoms. The number of anilines is 1. The van der Waals surface area contributed by atoms with Gasteiger partial charge in [-0.25, -0.2) is 0 Å². The Balaban J connectivity index is 1.82. The Kier molecular flexibility index (Phi) is 4.51. The summed E-state index contributed by atoms with van der Waals surface area (Å²) in [7, 11) is 0. The molecule has 0 unspecified atom stereocenters. The molecule has 1 atom stereocenters. The Morgan fingerprint density at radius 3 is 2.57 bits per heavy atom. The van der Waals surface area contributed by atoms with Crippen molar-refractivity contribution in [1.29, 1.82) is 5.26 Å². The van der Waals surface area contributed by atoms with Crippen molar-refractivity contribution >= 4 is 22.2 Å². The predicted molar refractivity (Wildman–Crippen MR) is 94.6 cm³/mol. The standard InChI is InChI=1S/C19H26N2OS/c1-19(2,3)13-8-9-14-15(11-20)18(23-16(14)10-13)21-17(22)12-6-4-5-7-12/h12-13H,4-10H2,1-3H3,(H,21,22)/t13-/m1/s1. The average molecular weight is 330 g/mol. The van der Waals surface area contributed by atoms with Gasteiger partial charge in [-0.2, -0.15) is 5.26 Å². The fraction of sp³-hybridized carbons (Fsp3) is 0.684. The molecule has 1 saturated carbocycles. The number of hydrogen-bond acceptors (Lipinski definition) is 3. The zero-order valence-corrected chi connectivity index (χ0v) is 15.2. The zero-order valence-electron chi connectivity index (χ0n) is 14.4. The highest BCUT2D eigenvalue weighted by Gasteiger charge is 2.33. The van der Waals surface area contributed by atoms with Gasteiger partial charge in [0.1, 0.15) is 11.1 Å².